The Morgan fingerprint density at radius 1 is 1.53 bits per heavy atom. The first-order chi connectivity index (χ1) is 8.07. The maximum Gasteiger partial charge on any atom is 0.248 e. The molecule has 0 spiro atoms. The maximum atomic E-state index is 13.2. The van der Waals surface area contributed by atoms with Crippen molar-refractivity contribution in [2.75, 3.05) is 0 Å². The van der Waals surface area contributed by atoms with Crippen LogP contribution in [0.25, 0.3) is 0 Å². The second-order valence-electron chi connectivity index (χ2n) is 5.13. The molecule has 1 aliphatic carbocycles. The van der Waals surface area contributed by atoms with Crippen LogP contribution in [0.4, 0.5) is 8.78 Å². The summed E-state index contributed by atoms with van der Waals surface area (Å²) >= 11 is 0. The molecule has 0 saturated heterocycles. The first kappa shape index (κ1) is 12.5. The number of hydrogen-bond acceptors (Lipinski definition) is 1. The van der Waals surface area contributed by atoms with Crippen LogP contribution in [0.2, 0.25) is 0 Å². The monoisotopic (exact) mass is 242 g/mol. The Labute approximate surface area is 101 Å². The van der Waals surface area contributed by atoms with Gasteiger partial charge in [-0.3, -0.25) is 0 Å². The summed E-state index contributed by atoms with van der Waals surface area (Å²) in [6, 6.07) is 0. The van der Waals surface area contributed by atoms with Crippen molar-refractivity contribution in [1.82, 2.24) is 9.55 Å². The smallest absolute Gasteiger partial charge is 0.248 e. The molecule has 0 amide bonds. The molecule has 96 valence electrons. The molecule has 1 aliphatic rings. The molecule has 0 aliphatic heterocycles. The number of imidazole rings is 1. The van der Waals surface area contributed by atoms with Gasteiger partial charge in [-0.1, -0.05) is 6.42 Å². The number of nitrogens with zero attached hydrogens (tertiary/aromatic N) is 2. The van der Waals surface area contributed by atoms with Crippen LogP contribution >= 0.6 is 0 Å². The van der Waals surface area contributed by atoms with Gasteiger partial charge in [0.2, 0.25) is 5.92 Å². The molecule has 0 N–H and O–H groups in total. The molecule has 2 nitrogen and oxygen atoms in total. The summed E-state index contributed by atoms with van der Waals surface area (Å²) in [5.41, 5.74) is 0. The fourth-order valence-corrected chi connectivity index (χ4v) is 2.71. The summed E-state index contributed by atoms with van der Waals surface area (Å²) in [5, 5.41) is 0. The molecule has 0 radical (unpaired) electrons. The number of alkyl halides is 2. The summed E-state index contributed by atoms with van der Waals surface area (Å²) in [6.45, 7) is 2.86. The average molecular weight is 242 g/mol. The SMILES string of the molecule is Cc1nccn1CCC[C@@H]1CCCC(F)(F)C1. The van der Waals surface area contributed by atoms with Crippen LogP contribution < -0.4 is 0 Å². The minimum Gasteiger partial charge on any atom is -0.335 e. The third kappa shape index (κ3) is 3.51. The molecule has 0 unspecified atom stereocenters. The molecule has 1 heterocycles. The lowest BCUT2D eigenvalue weighted by Crippen LogP contribution is -2.26. The molecule has 1 saturated carbocycles. The van der Waals surface area contributed by atoms with Crippen molar-refractivity contribution in [3.63, 3.8) is 0 Å². The first-order valence-corrected chi connectivity index (χ1v) is 6.42. The van der Waals surface area contributed by atoms with Crippen LogP contribution in [0.3, 0.4) is 0 Å². The molecule has 0 aromatic carbocycles. The predicted molar refractivity (Wildman–Crippen MR) is 63.1 cm³/mol. The van der Waals surface area contributed by atoms with E-state index < -0.39 is 5.92 Å². The fraction of sp³-hybridized carbons (Fsp3) is 0.769. The van der Waals surface area contributed by atoms with Crippen LogP contribution in [-0.2, 0) is 6.54 Å². The van der Waals surface area contributed by atoms with Crippen molar-refractivity contribution in [3.8, 4) is 0 Å². The zero-order valence-corrected chi connectivity index (χ0v) is 10.3. The minimum absolute atomic E-state index is 0.0874. The maximum absolute atomic E-state index is 13.2. The van der Waals surface area contributed by atoms with Gasteiger partial charge in [-0.15, -0.1) is 0 Å². The predicted octanol–water partition coefficient (Wildman–Crippen LogP) is 3.80. The highest BCUT2D eigenvalue weighted by Crippen LogP contribution is 2.38. The molecule has 4 heteroatoms. The van der Waals surface area contributed by atoms with E-state index in [9.17, 15) is 8.78 Å². The van der Waals surface area contributed by atoms with Gasteiger partial charge >= 0.3 is 0 Å². The number of hydrogen-bond donors (Lipinski definition) is 0. The van der Waals surface area contributed by atoms with E-state index in [-0.39, 0.29) is 18.8 Å². The molecule has 2 rings (SSSR count). The standard InChI is InChI=1S/C13H20F2N2/c1-11-16-7-9-17(11)8-3-5-12-4-2-6-13(14,15)10-12/h7,9,12H,2-6,8,10H2,1H3/t12-/m0/s1. The first-order valence-electron chi connectivity index (χ1n) is 6.42. The van der Waals surface area contributed by atoms with E-state index in [1.54, 1.807) is 6.20 Å². The van der Waals surface area contributed by atoms with Crippen molar-refractivity contribution in [2.45, 2.75) is 57.9 Å². The summed E-state index contributed by atoms with van der Waals surface area (Å²) in [5.74, 6) is -1.20. The number of rotatable bonds is 4. The Kier molecular flexibility index (Phi) is 3.79. The highest BCUT2D eigenvalue weighted by atomic mass is 19.3. The van der Waals surface area contributed by atoms with E-state index in [1.807, 2.05) is 13.1 Å². The number of halogens is 2. The van der Waals surface area contributed by atoms with Crippen LogP contribution in [0.1, 0.15) is 44.3 Å². The lowest BCUT2D eigenvalue weighted by Gasteiger charge is -2.28. The Morgan fingerprint density at radius 3 is 3.00 bits per heavy atom. The lowest BCUT2D eigenvalue weighted by molar-refractivity contribution is -0.0538. The van der Waals surface area contributed by atoms with Gasteiger partial charge in [0.1, 0.15) is 5.82 Å². The highest BCUT2D eigenvalue weighted by molar-refractivity contribution is 4.88. The fourth-order valence-electron chi connectivity index (χ4n) is 2.71. The Balaban J connectivity index is 1.74. The van der Waals surface area contributed by atoms with Crippen LogP contribution in [0.5, 0.6) is 0 Å². The van der Waals surface area contributed by atoms with Gasteiger partial charge in [-0.2, -0.15) is 0 Å². The van der Waals surface area contributed by atoms with E-state index in [4.69, 9.17) is 0 Å². The molecule has 1 aromatic heterocycles. The van der Waals surface area contributed by atoms with E-state index in [1.165, 1.54) is 0 Å². The van der Waals surface area contributed by atoms with E-state index >= 15 is 0 Å². The Hall–Kier alpha value is -0.930. The second-order valence-corrected chi connectivity index (χ2v) is 5.13. The van der Waals surface area contributed by atoms with Gasteiger partial charge in [-0.25, -0.2) is 13.8 Å². The molecule has 0 bridgehead atoms. The normalized spacial score (nSPS) is 23.8. The van der Waals surface area contributed by atoms with Gasteiger partial charge in [0.25, 0.3) is 0 Å². The Morgan fingerprint density at radius 2 is 2.35 bits per heavy atom. The minimum atomic E-state index is -2.41. The third-order valence-corrected chi connectivity index (χ3v) is 3.68. The van der Waals surface area contributed by atoms with Crippen molar-refractivity contribution in [1.29, 1.82) is 0 Å². The Bertz CT molecular complexity index is 360. The quantitative estimate of drug-likeness (QED) is 0.785. The molecule has 1 atom stereocenters. The summed E-state index contributed by atoms with van der Waals surface area (Å²) < 4.78 is 28.5. The highest BCUT2D eigenvalue weighted by Gasteiger charge is 2.35. The lowest BCUT2D eigenvalue weighted by atomic mass is 9.84. The zero-order valence-electron chi connectivity index (χ0n) is 10.3. The summed E-state index contributed by atoms with van der Waals surface area (Å²) in [4.78, 5) is 4.15. The van der Waals surface area contributed by atoms with Crippen molar-refractivity contribution in [3.05, 3.63) is 18.2 Å². The van der Waals surface area contributed by atoms with Crippen LogP contribution in [0, 0.1) is 12.8 Å². The topological polar surface area (TPSA) is 17.8 Å². The van der Waals surface area contributed by atoms with Gasteiger partial charge in [0, 0.05) is 31.8 Å². The molecule has 1 fully saturated rings. The summed E-state index contributed by atoms with van der Waals surface area (Å²) in [6.07, 6.45) is 7.44. The van der Waals surface area contributed by atoms with E-state index in [2.05, 4.69) is 9.55 Å². The van der Waals surface area contributed by atoms with Crippen LogP contribution in [0.15, 0.2) is 12.4 Å². The average Bonchev–Trinajstić information content (AvgIpc) is 2.63. The third-order valence-electron chi connectivity index (χ3n) is 3.68. The van der Waals surface area contributed by atoms with Crippen LogP contribution in [-0.4, -0.2) is 15.5 Å². The van der Waals surface area contributed by atoms with E-state index in [0.29, 0.717) is 6.42 Å². The van der Waals surface area contributed by atoms with Gasteiger partial charge < -0.3 is 4.57 Å². The molecular formula is C13H20F2N2. The number of aromatic nitrogens is 2. The molecule has 1 aromatic rings. The van der Waals surface area contributed by atoms with Gasteiger partial charge in [0.15, 0.2) is 0 Å². The van der Waals surface area contributed by atoms with Crippen molar-refractivity contribution < 1.29 is 8.78 Å². The molecular weight excluding hydrogens is 222 g/mol. The van der Waals surface area contributed by atoms with Crippen molar-refractivity contribution in [2.24, 2.45) is 5.92 Å². The van der Waals surface area contributed by atoms with Gasteiger partial charge in [0.05, 0.1) is 0 Å². The van der Waals surface area contributed by atoms with Gasteiger partial charge in [-0.05, 0) is 32.1 Å². The zero-order chi connectivity index (χ0) is 12.3. The second kappa shape index (κ2) is 5.15. The molecule has 17 heavy (non-hydrogen) atoms. The number of aryl methyl sites for hydroxylation is 2. The largest absolute Gasteiger partial charge is 0.335 e. The summed E-state index contributed by atoms with van der Waals surface area (Å²) in [7, 11) is 0. The van der Waals surface area contributed by atoms with E-state index in [0.717, 1.165) is 31.6 Å². The van der Waals surface area contributed by atoms with Crippen molar-refractivity contribution >= 4 is 0 Å².